The lowest BCUT2D eigenvalue weighted by Gasteiger charge is -2.18. The zero-order chi connectivity index (χ0) is 40.0. The Balaban J connectivity index is 4.17. The maximum atomic E-state index is 12.8. The Hall–Kier alpha value is -1.18. The number of ether oxygens (including phenoxy) is 4. The quantitative estimate of drug-likeness (QED) is 0.0489. The van der Waals surface area contributed by atoms with Crippen LogP contribution in [-0.4, -0.2) is 64.7 Å². The van der Waals surface area contributed by atoms with Crippen LogP contribution in [0.15, 0.2) is 0 Å². The average molecular weight is 782 g/mol. The smallest absolute Gasteiger partial charge is 0.306 e. The normalized spacial score (nSPS) is 11.5. The van der Waals surface area contributed by atoms with Gasteiger partial charge in [0.1, 0.15) is 6.10 Å². The fourth-order valence-electron chi connectivity index (χ4n) is 7.38. The number of hydrogen-bond donors (Lipinski definition) is 1. The van der Waals surface area contributed by atoms with Crippen LogP contribution in [0.25, 0.3) is 0 Å². The van der Waals surface area contributed by atoms with Crippen molar-refractivity contribution in [3.8, 4) is 0 Å². The Kier molecular flexibility index (Phi) is 46.2. The molecule has 0 atom stereocenters. The number of rotatable bonds is 47. The summed E-state index contributed by atoms with van der Waals surface area (Å²) in [4.78, 5) is 25.1. The summed E-state index contributed by atoms with van der Waals surface area (Å²) >= 11 is 0. The highest BCUT2D eigenvalue weighted by molar-refractivity contribution is 5.81. The molecule has 0 rings (SSSR count). The molecule has 7 heteroatoms. The molecule has 0 bridgehead atoms. The molecule has 1 amide bonds. The zero-order valence-corrected chi connectivity index (χ0v) is 37.2. The van der Waals surface area contributed by atoms with E-state index in [0.717, 1.165) is 25.7 Å². The molecule has 0 aromatic carbocycles. The molecule has 0 unspecified atom stereocenters. The molecular weight excluding hydrogens is 687 g/mol. The Labute approximate surface area is 342 Å². The fourth-order valence-corrected chi connectivity index (χ4v) is 7.38. The highest BCUT2D eigenvalue weighted by atomic mass is 16.5. The Morgan fingerprint density at radius 2 is 0.745 bits per heavy atom. The molecule has 1 N–H and O–H groups in total. The number of carbonyl (C=O) groups is 2. The van der Waals surface area contributed by atoms with E-state index in [4.69, 9.17) is 18.9 Å². The van der Waals surface area contributed by atoms with Crippen molar-refractivity contribution in [2.24, 2.45) is 0 Å². The SMILES string of the molecule is CCCCCCCCCCCCCCCCCCC(CCCCCCCCCCCCCCCCCC)OC(=O)CCC(=O)NCCOCCOCCOC. The van der Waals surface area contributed by atoms with Crippen molar-refractivity contribution in [2.75, 3.05) is 46.7 Å². The van der Waals surface area contributed by atoms with Gasteiger partial charge in [-0.15, -0.1) is 0 Å². The van der Waals surface area contributed by atoms with Crippen LogP contribution >= 0.6 is 0 Å². The third kappa shape index (κ3) is 45.4. The summed E-state index contributed by atoms with van der Waals surface area (Å²) in [6, 6.07) is 0. The average Bonchev–Trinajstić information content (AvgIpc) is 3.18. The van der Waals surface area contributed by atoms with E-state index >= 15 is 0 Å². The summed E-state index contributed by atoms with van der Waals surface area (Å²) in [5, 5.41) is 2.84. The molecule has 0 spiro atoms. The van der Waals surface area contributed by atoms with Gasteiger partial charge < -0.3 is 24.3 Å². The van der Waals surface area contributed by atoms with Crippen LogP contribution in [0.3, 0.4) is 0 Å². The van der Waals surface area contributed by atoms with E-state index < -0.39 is 0 Å². The maximum absolute atomic E-state index is 12.8. The molecule has 0 aromatic heterocycles. The first-order valence-corrected chi connectivity index (χ1v) is 24.2. The molecule has 0 saturated carbocycles. The summed E-state index contributed by atoms with van der Waals surface area (Å²) in [5.74, 6) is -0.373. The van der Waals surface area contributed by atoms with Gasteiger partial charge in [0.05, 0.1) is 39.5 Å². The highest BCUT2D eigenvalue weighted by Gasteiger charge is 2.16. The van der Waals surface area contributed by atoms with E-state index in [0.29, 0.717) is 39.6 Å². The van der Waals surface area contributed by atoms with Crippen LogP contribution in [0, 0.1) is 0 Å². The van der Waals surface area contributed by atoms with Gasteiger partial charge in [-0.1, -0.05) is 206 Å². The first-order chi connectivity index (χ1) is 27.1. The number of methoxy groups -OCH3 is 1. The van der Waals surface area contributed by atoms with E-state index in [1.54, 1.807) is 7.11 Å². The Morgan fingerprint density at radius 1 is 0.418 bits per heavy atom. The van der Waals surface area contributed by atoms with Crippen molar-refractivity contribution in [1.82, 2.24) is 5.32 Å². The first-order valence-electron chi connectivity index (χ1n) is 24.2. The fraction of sp³-hybridized carbons (Fsp3) is 0.958. The molecular formula is C48H95NO6. The van der Waals surface area contributed by atoms with Crippen molar-refractivity contribution >= 4 is 11.9 Å². The molecule has 0 aliphatic rings. The van der Waals surface area contributed by atoms with Gasteiger partial charge in [0.15, 0.2) is 0 Å². The first kappa shape index (κ1) is 53.8. The monoisotopic (exact) mass is 782 g/mol. The second-order valence-electron chi connectivity index (χ2n) is 16.4. The van der Waals surface area contributed by atoms with E-state index in [1.165, 1.54) is 193 Å². The molecule has 0 aliphatic heterocycles. The van der Waals surface area contributed by atoms with Gasteiger partial charge in [-0.3, -0.25) is 9.59 Å². The lowest BCUT2D eigenvalue weighted by molar-refractivity contribution is -0.151. The Bertz CT molecular complexity index is 729. The van der Waals surface area contributed by atoms with E-state index in [9.17, 15) is 9.59 Å². The maximum Gasteiger partial charge on any atom is 0.306 e. The minimum absolute atomic E-state index is 0.0200. The van der Waals surface area contributed by atoms with Gasteiger partial charge in [0.2, 0.25) is 5.91 Å². The van der Waals surface area contributed by atoms with Crippen molar-refractivity contribution < 1.29 is 28.5 Å². The standard InChI is InChI=1S/C48H95NO6/c1-4-6-8-10-12-14-16-18-20-22-24-26-28-30-32-34-36-46(37-35-33-31-29-27-25-23-21-19-17-15-13-11-9-7-5-2)55-48(51)39-38-47(50)49-40-41-53-44-45-54-43-42-52-3/h46H,4-45H2,1-3H3,(H,49,50). The molecule has 7 nitrogen and oxygen atoms in total. The molecule has 0 saturated heterocycles. The van der Waals surface area contributed by atoms with Crippen molar-refractivity contribution in [3.05, 3.63) is 0 Å². The predicted octanol–water partition coefficient (Wildman–Crippen LogP) is 13.8. The summed E-state index contributed by atoms with van der Waals surface area (Å²) < 4.78 is 21.8. The number of amides is 1. The van der Waals surface area contributed by atoms with Crippen LogP contribution < -0.4 is 5.32 Å². The third-order valence-corrected chi connectivity index (χ3v) is 11.0. The van der Waals surface area contributed by atoms with Gasteiger partial charge in [0.25, 0.3) is 0 Å². The highest BCUT2D eigenvalue weighted by Crippen LogP contribution is 2.19. The summed E-state index contributed by atoms with van der Waals surface area (Å²) in [6.45, 7) is 7.52. The lowest BCUT2D eigenvalue weighted by Crippen LogP contribution is -2.28. The van der Waals surface area contributed by atoms with E-state index in [2.05, 4.69) is 19.2 Å². The van der Waals surface area contributed by atoms with Gasteiger partial charge in [-0.25, -0.2) is 0 Å². The van der Waals surface area contributed by atoms with Crippen LogP contribution in [0.2, 0.25) is 0 Å². The second-order valence-corrected chi connectivity index (χ2v) is 16.4. The second kappa shape index (κ2) is 47.2. The van der Waals surface area contributed by atoms with Gasteiger partial charge in [-0.05, 0) is 25.7 Å². The zero-order valence-electron chi connectivity index (χ0n) is 37.2. The Morgan fingerprint density at radius 3 is 1.11 bits per heavy atom. The molecule has 0 fully saturated rings. The van der Waals surface area contributed by atoms with Crippen LogP contribution in [0.1, 0.15) is 245 Å². The lowest BCUT2D eigenvalue weighted by atomic mass is 10.0. The van der Waals surface area contributed by atoms with E-state index in [1.807, 2.05) is 0 Å². The number of nitrogens with one attached hydrogen (secondary N) is 1. The van der Waals surface area contributed by atoms with Crippen molar-refractivity contribution in [2.45, 2.75) is 251 Å². The minimum Gasteiger partial charge on any atom is -0.462 e. The number of esters is 1. The van der Waals surface area contributed by atoms with Gasteiger partial charge in [-0.2, -0.15) is 0 Å². The number of hydrogen-bond acceptors (Lipinski definition) is 6. The van der Waals surface area contributed by atoms with Gasteiger partial charge >= 0.3 is 5.97 Å². The minimum atomic E-state index is -0.238. The molecule has 0 aromatic rings. The molecule has 0 radical (unpaired) electrons. The third-order valence-electron chi connectivity index (χ3n) is 11.0. The van der Waals surface area contributed by atoms with Crippen molar-refractivity contribution in [3.63, 3.8) is 0 Å². The van der Waals surface area contributed by atoms with Crippen LogP contribution in [-0.2, 0) is 28.5 Å². The van der Waals surface area contributed by atoms with Crippen molar-refractivity contribution in [1.29, 1.82) is 0 Å². The molecule has 328 valence electrons. The molecule has 0 aliphatic carbocycles. The number of unbranched alkanes of at least 4 members (excludes halogenated alkanes) is 30. The predicted molar refractivity (Wildman–Crippen MR) is 234 cm³/mol. The largest absolute Gasteiger partial charge is 0.462 e. The van der Waals surface area contributed by atoms with Crippen LogP contribution in [0.5, 0.6) is 0 Å². The van der Waals surface area contributed by atoms with Gasteiger partial charge in [0, 0.05) is 20.1 Å². The molecule has 0 heterocycles. The summed E-state index contributed by atoms with van der Waals surface area (Å²) in [6.07, 6.45) is 45.7. The van der Waals surface area contributed by atoms with E-state index in [-0.39, 0.29) is 30.8 Å². The summed E-state index contributed by atoms with van der Waals surface area (Å²) in [5.41, 5.74) is 0. The number of carbonyl (C=O) groups excluding carboxylic acids is 2. The molecule has 55 heavy (non-hydrogen) atoms. The summed E-state index contributed by atoms with van der Waals surface area (Å²) in [7, 11) is 1.64. The van der Waals surface area contributed by atoms with Crippen LogP contribution in [0.4, 0.5) is 0 Å². The topological polar surface area (TPSA) is 83.1 Å².